The molecule has 0 aliphatic heterocycles. The monoisotopic (exact) mass is 500 g/mol. The summed E-state index contributed by atoms with van der Waals surface area (Å²) in [7, 11) is 1.22. The number of hydrogen-bond acceptors (Lipinski definition) is 1. The normalized spacial score (nSPS) is 24.7. The number of methoxy groups -OCH3 is 1. The van der Waals surface area contributed by atoms with Crippen LogP contribution in [-0.4, -0.2) is 7.11 Å². The van der Waals surface area contributed by atoms with Crippen LogP contribution in [0, 0.1) is 41.0 Å². The Morgan fingerprint density at radius 3 is 1.94 bits per heavy atom. The predicted octanol–water partition coefficient (Wildman–Crippen LogP) is 9.52. The van der Waals surface area contributed by atoms with Crippen molar-refractivity contribution in [3.05, 3.63) is 77.9 Å². The van der Waals surface area contributed by atoms with Gasteiger partial charge in [0.15, 0.2) is 23.2 Å². The number of unbranched alkanes of at least 4 members (excludes halogenated alkanes) is 1. The van der Waals surface area contributed by atoms with E-state index in [1.807, 2.05) is 6.08 Å². The third-order valence-corrected chi connectivity index (χ3v) is 8.31. The van der Waals surface area contributed by atoms with E-state index in [9.17, 15) is 8.78 Å². The van der Waals surface area contributed by atoms with Crippen molar-refractivity contribution >= 4 is 0 Å². The van der Waals surface area contributed by atoms with Crippen LogP contribution in [0.2, 0.25) is 0 Å². The third kappa shape index (κ3) is 5.71. The lowest BCUT2D eigenvalue weighted by molar-refractivity contribution is 0.170. The van der Waals surface area contributed by atoms with Gasteiger partial charge in [-0.3, -0.25) is 0 Å². The average Bonchev–Trinajstić information content (AvgIpc) is 2.91. The molecular formula is C31H36F4O. The molecule has 36 heavy (non-hydrogen) atoms. The zero-order valence-electron chi connectivity index (χ0n) is 21.0. The first-order chi connectivity index (χ1) is 17.4. The van der Waals surface area contributed by atoms with E-state index in [-0.39, 0.29) is 22.8 Å². The fourth-order valence-electron chi connectivity index (χ4n) is 6.20. The van der Waals surface area contributed by atoms with Crippen molar-refractivity contribution in [2.45, 2.75) is 70.1 Å². The van der Waals surface area contributed by atoms with Gasteiger partial charge in [-0.1, -0.05) is 30.4 Å². The zero-order valence-corrected chi connectivity index (χ0v) is 21.0. The Labute approximate surface area is 212 Å². The molecule has 0 atom stereocenters. The summed E-state index contributed by atoms with van der Waals surface area (Å²) in [6.07, 6.45) is 17.4. The number of halogens is 4. The predicted molar refractivity (Wildman–Crippen MR) is 137 cm³/mol. The second-order valence-corrected chi connectivity index (χ2v) is 10.4. The number of benzene rings is 2. The summed E-state index contributed by atoms with van der Waals surface area (Å²) in [5.74, 6) is -2.81. The highest BCUT2D eigenvalue weighted by Crippen LogP contribution is 2.45. The highest BCUT2D eigenvalue weighted by molar-refractivity contribution is 5.66. The van der Waals surface area contributed by atoms with Gasteiger partial charge in [-0.25, -0.2) is 13.2 Å². The molecule has 0 heterocycles. The van der Waals surface area contributed by atoms with Crippen molar-refractivity contribution in [1.82, 2.24) is 0 Å². The molecule has 0 N–H and O–H groups in total. The molecule has 2 saturated carbocycles. The zero-order chi connectivity index (χ0) is 25.7. The van der Waals surface area contributed by atoms with Gasteiger partial charge in [0.25, 0.3) is 0 Å². The molecule has 0 aromatic heterocycles. The van der Waals surface area contributed by atoms with E-state index in [0.717, 1.165) is 44.4 Å². The van der Waals surface area contributed by atoms with Gasteiger partial charge in [-0.2, -0.15) is 4.39 Å². The van der Waals surface area contributed by atoms with Crippen LogP contribution in [0.3, 0.4) is 0 Å². The smallest absolute Gasteiger partial charge is 0.201 e. The van der Waals surface area contributed by atoms with Crippen molar-refractivity contribution in [1.29, 1.82) is 0 Å². The van der Waals surface area contributed by atoms with Gasteiger partial charge in [0, 0.05) is 11.1 Å². The number of allylic oxidation sites excluding steroid dienone is 3. The number of hydrogen-bond donors (Lipinski definition) is 0. The molecule has 194 valence electrons. The first-order valence-electron chi connectivity index (χ1n) is 13.2. The van der Waals surface area contributed by atoms with Gasteiger partial charge in [0.2, 0.25) is 5.82 Å². The second-order valence-electron chi connectivity index (χ2n) is 10.4. The second kappa shape index (κ2) is 12.1. The topological polar surface area (TPSA) is 9.23 Å². The van der Waals surface area contributed by atoms with Crippen LogP contribution >= 0.6 is 0 Å². The fraction of sp³-hybridized carbons (Fsp3) is 0.484. The summed E-state index contributed by atoms with van der Waals surface area (Å²) in [5.41, 5.74) is -0.247. The SMILES string of the molecule is C=CCC/C=C/C1CCC(C2CCC(c3ccc(-c4ccc(OC)c(F)c4F)c(F)c3F)CC2)CC1. The molecule has 0 saturated heterocycles. The van der Waals surface area contributed by atoms with Crippen LogP contribution in [0.4, 0.5) is 17.6 Å². The molecule has 2 aliphatic rings. The van der Waals surface area contributed by atoms with Gasteiger partial charge < -0.3 is 4.74 Å². The Kier molecular flexibility index (Phi) is 8.92. The molecule has 1 nitrogen and oxygen atoms in total. The summed E-state index contributed by atoms with van der Waals surface area (Å²) in [4.78, 5) is 0. The molecule has 4 rings (SSSR count). The average molecular weight is 501 g/mol. The van der Waals surface area contributed by atoms with Crippen molar-refractivity contribution in [3.63, 3.8) is 0 Å². The highest BCUT2D eigenvalue weighted by atomic mass is 19.2. The van der Waals surface area contributed by atoms with Crippen molar-refractivity contribution in [2.24, 2.45) is 17.8 Å². The summed E-state index contributed by atoms with van der Waals surface area (Å²) in [6.45, 7) is 3.76. The van der Waals surface area contributed by atoms with Crippen molar-refractivity contribution in [3.8, 4) is 16.9 Å². The van der Waals surface area contributed by atoms with Crippen molar-refractivity contribution in [2.75, 3.05) is 7.11 Å². The lowest BCUT2D eigenvalue weighted by atomic mass is 9.68. The molecule has 0 spiro atoms. The summed E-state index contributed by atoms with van der Waals surface area (Å²) in [5, 5.41) is 0. The summed E-state index contributed by atoms with van der Waals surface area (Å²) < 4.78 is 63.5. The molecule has 5 heteroatoms. The maximum atomic E-state index is 15.1. The van der Waals surface area contributed by atoms with E-state index >= 15 is 8.78 Å². The minimum Gasteiger partial charge on any atom is -0.494 e. The van der Waals surface area contributed by atoms with Crippen LogP contribution in [0.1, 0.15) is 75.7 Å². The first kappa shape index (κ1) is 26.5. The molecule has 2 aromatic carbocycles. The minimum absolute atomic E-state index is 0.0496. The molecule has 2 fully saturated rings. The maximum absolute atomic E-state index is 15.1. The molecule has 0 unspecified atom stereocenters. The van der Waals surface area contributed by atoms with Crippen LogP contribution in [0.5, 0.6) is 5.75 Å². The van der Waals surface area contributed by atoms with Gasteiger partial charge in [-0.05, 0) is 106 Å². The number of rotatable bonds is 8. The van der Waals surface area contributed by atoms with E-state index in [1.165, 1.54) is 51.0 Å². The summed E-state index contributed by atoms with van der Waals surface area (Å²) >= 11 is 0. The molecule has 2 aromatic rings. The largest absolute Gasteiger partial charge is 0.494 e. The molecule has 2 aliphatic carbocycles. The van der Waals surface area contributed by atoms with E-state index in [0.29, 0.717) is 17.4 Å². The first-order valence-corrected chi connectivity index (χ1v) is 13.2. The molecule has 0 bridgehead atoms. The van der Waals surface area contributed by atoms with Crippen LogP contribution in [-0.2, 0) is 0 Å². The maximum Gasteiger partial charge on any atom is 0.201 e. The third-order valence-electron chi connectivity index (χ3n) is 8.31. The van der Waals surface area contributed by atoms with E-state index in [4.69, 9.17) is 4.74 Å². The Bertz CT molecular complexity index is 1080. The Hall–Kier alpha value is -2.56. The fourth-order valence-corrected chi connectivity index (χ4v) is 6.20. The van der Waals surface area contributed by atoms with Gasteiger partial charge in [0.05, 0.1) is 7.11 Å². The van der Waals surface area contributed by atoms with Crippen LogP contribution in [0.15, 0.2) is 49.1 Å². The quantitative estimate of drug-likeness (QED) is 0.199. The summed E-state index contributed by atoms with van der Waals surface area (Å²) in [6, 6.07) is 5.34. The lowest BCUT2D eigenvalue weighted by Gasteiger charge is -2.37. The van der Waals surface area contributed by atoms with Gasteiger partial charge >= 0.3 is 0 Å². The van der Waals surface area contributed by atoms with Crippen LogP contribution < -0.4 is 4.74 Å². The van der Waals surface area contributed by atoms with Gasteiger partial charge in [-0.15, -0.1) is 6.58 Å². The van der Waals surface area contributed by atoms with Crippen LogP contribution in [0.25, 0.3) is 11.1 Å². The van der Waals surface area contributed by atoms with Crippen molar-refractivity contribution < 1.29 is 22.3 Å². The Morgan fingerprint density at radius 1 is 0.750 bits per heavy atom. The standard InChI is InChI=1S/C31H36F4O/c1-3-4-5-6-7-20-8-10-21(11-9-20)22-12-14-23(15-13-22)24-16-17-25(29(33)28(24)32)26-18-19-27(36-2)31(35)30(26)34/h3,6-7,16-23H,1,4-5,8-15H2,2H3/b7-6+. The van der Waals surface area contributed by atoms with E-state index in [2.05, 4.69) is 18.7 Å². The van der Waals surface area contributed by atoms with E-state index < -0.39 is 23.3 Å². The lowest BCUT2D eigenvalue weighted by Crippen LogP contribution is -2.25. The minimum atomic E-state index is -1.25. The highest BCUT2D eigenvalue weighted by Gasteiger charge is 2.32. The Morgan fingerprint density at radius 2 is 1.33 bits per heavy atom. The van der Waals surface area contributed by atoms with Gasteiger partial charge in [0.1, 0.15) is 0 Å². The molecular weight excluding hydrogens is 464 g/mol. The molecule has 0 amide bonds. The molecule has 0 radical (unpaired) electrons. The number of ether oxygens (including phenoxy) is 1. The Balaban J connectivity index is 1.37. The van der Waals surface area contributed by atoms with E-state index in [1.54, 1.807) is 6.07 Å².